The molecule has 0 aliphatic heterocycles. The number of aromatic nitrogens is 3. The van der Waals surface area contributed by atoms with Crippen LogP contribution in [0.5, 0.6) is 0 Å². The molecule has 2 N–H and O–H groups in total. The van der Waals surface area contributed by atoms with Crippen LogP contribution in [0.15, 0.2) is 30.6 Å². The van der Waals surface area contributed by atoms with E-state index in [1.165, 1.54) is 0 Å². The van der Waals surface area contributed by atoms with Gasteiger partial charge >= 0.3 is 0 Å². The number of carbonyl (C=O) groups is 1. The molecule has 0 aliphatic rings. The largest absolute Gasteiger partial charge is 0.325 e. The molecular weight excluding hydrogens is 266 g/mol. The first-order chi connectivity index (χ1) is 9.15. The van der Waals surface area contributed by atoms with Gasteiger partial charge in [-0.05, 0) is 24.3 Å². The molecule has 0 radical (unpaired) electrons. The van der Waals surface area contributed by atoms with Crippen molar-refractivity contribution in [1.82, 2.24) is 20.1 Å². The fraction of sp³-hybridized carbons (Fsp3) is 0.250. The van der Waals surface area contributed by atoms with Gasteiger partial charge in [0.25, 0.3) is 0 Å². The second kappa shape index (κ2) is 6.31. The number of benzene rings is 1. The lowest BCUT2D eigenvalue weighted by atomic mass is 10.3. The van der Waals surface area contributed by atoms with Crippen molar-refractivity contribution >= 4 is 23.2 Å². The van der Waals surface area contributed by atoms with Crippen molar-refractivity contribution in [3.8, 4) is 0 Å². The maximum absolute atomic E-state index is 11.7. The van der Waals surface area contributed by atoms with Gasteiger partial charge in [-0.2, -0.15) is 0 Å². The summed E-state index contributed by atoms with van der Waals surface area (Å²) in [5.41, 5.74) is 0.717. The molecule has 0 atom stereocenters. The minimum atomic E-state index is -0.121. The van der Waals surface area contributed by atoms with Crippen molar-refractivity contribution in [3.05, 3.63) is 41.4 Å². The van der Waals surface area contributed by atoms with E-state index in [1.54, 1.807) is 35.2 Å². The van der Waals surface area contributed by atoms with E-state index in [2.05, 4.69) is 20.8 Å². The molecule has 0 aliphatic carbocycles. The van der Waals surface area contributed by atoms with E-state index in [0.29, 0.717) is 11.6 Å². The van der Waals surface area contributed by atoms with Crippen molar-refractivity contribution < 1.29 is 4.79 Å². The van der Waals surface area contributed by atoms with Crippen LogP contribution in [0.2, 0.25) is 5.02 Å². The van der Waals surface area contributed by atoms with Gasteiger partial charge in [-0.1, -0.05) is 11.6 Å². The van der Waals surface area contributed by atoms with Gasteiger partial charge in [0.2, 0.25) is 5.91 Å². The van der Waals surface area contributed by atoms with Gasteiger partial charge in [0, 0.05) is 17.8 Å². The summed E-state index contributed by atoms with van der Waals surface area (Å²) in [4.78, 5) is 11.7. The monoisotopic (exact) mass is 279 g/mol. The number of nitrogens with zero attached hydrogens (tertiary/aromatic N) is 3. The summed E-state index contributed by atoms with van der Waals surface area (Å²) in [5, 5.41) is 14.1. The predicted molar refractivity (Wildman–Crippen MR) is 72.8 cm³/mol. The van der Waals surface area contributed by atoms with Crippen molar-refractivity contribution in [2.24, 2.45) is 7.05 Å². The first kappa shape index (κ1) is 13.5. The molecule has 0 unspecified atom stereocenters. The molecule has 1 heterocycles. The van der Waals surface area contributed by atoms with Gasteiger partial charge in [0.15, 0.2) is 0 Å². The van der Waals surface area contributed by atoms with Crippen molar-refractivity contribution in [1.29, 1.82) is 0 Å². The number of aryl methyl sites for hydroxylation is 1. The lowest BCUT2D eigenvalue weighted by Gasteiger charge is -2.06. The standard InChI is InChI=1S/C12H14ClN5O/c1-18-8-15-17-11(18)6-14-7-12(19)16-10-4-2-9(13)3-5-10/h2-5,8,14H,6-7H2,1H3,(H,16,19). The van der Waals surface area contributed by atoms with Gasteiger partial charge in [-0.15, -0.1) is 10.2 Å². The molecule has 1 aromatic carbocycles. The molecule has 6 nitrogen and oxygen atoms in total. The summed E-state index contributed by atoms with van der Waals surface area (Å²) in [5.74, 6) is 0.656. The van der Waals surface area contributed by atoms with Crippen LogP contribution < -0.4 is 10.6 Å². The summed E-state index contributed by atoms with van der Waals surface area (Å²) in [6, 6.07) is 6.96. The zero-order valence-corrected chi connectivity index (χ0v) is 11.2. The van der Waals surface area contributed by atoms with E-state index in [9.17, 15) is 4.79 Å². The first-order valence-corrected chi connectivity index (χ1v) is 6.12. The normalized spacial score (nSPS) is 10.4. The molecule has 2 rings (SSSR count). The Kier molecular flexibility index (Phi) is 4.48. The van der Waals surface area contributed by atoms with Crippen LogP contribution >= 0.6 is 11.6 Å². The highest BCUT2D eigenvalue weighted by Crippen LogP contribution is 2.12. The smallest absolute Gasteiger partial charge is 0.238 e. The van der Waals surface area contributed by atoms with Gasteiger partial charge in [0.1, 0.15) is 12.2 Å². The SMILES string of the molecule is Cn1cnnc1CNCC(=O)Nc1ccc(Cl)cc1. The highest BCUT2D eigenvalue weighted by atomic mass is 35.5. The van der Waals surface area contributed by atoms with Gasteiger partial charge in [-0.25, -0.2) is 0 Å². The number of nitrogens with one attached hydrogen (secondary N) is 2. The Morgan fingerprint density at radius 1 is 1.37 bits per heavy atom. The van der Waals surface area contributed by atoms with Crippen LogP contribution in [0.1, 0.15) is 5.82 Å². The number of hydrogen-bond acceptors (Lipinski definition) is 4. The number of amides is 1. The Morgan fingerprint density at radius 3 is 2.74 bits per heavy atom. The maximum atomic E-state index is 11.7. The maximum Gasteiger partial charge on any atom is 0.238 e. The molecule has 0 spiro atoms. The average molecular weight is 280 g/mol. The van der Waals surface area contributed by atoms with Gasteiger partial charge in [-0.3, -0.25) is 4.79 Å². The highest BCUT2D eigenvalue weighted by Gasteiger charge is 2.04. The van der Waals surface area contributed by atoms with E-state index in [1.807, 2.05) is 7.05 Å². The number of anilines is 1. The number of halogens is 1. The number of carbonyl (C=O) groups excluding carboxylic acids is 1. The summed E-state index contributed by atoms with van der Waals surface area (Å²) in [6.45, 7) is 0.694. The Hall–Kier alpha value is -1.92. The highest BCUT2D eigenvalue weighted by molar-refractivity contribution is 6.30. The third-order valence-corrected chi connectivity index (χ3v) is 2.75. The van der Waals surface area contributed by atoms with Gasteiger partial charge in [0.05, 0.1) is 13.1 Å². The Balaban J connectivity index is 1.76. The van der Waals surface area contributed by atoms with Crippen LogP contribution in [-0.2, 0) is 18.4 Å². The topological polar surface area (TPSA) is 71.8 Å². The summed E-state index contributed by atoms with van der Waals surface area (Å²) < 4.78 is 1.80. The third kappa shape index (κ3) is 4.04. The predicted octanol–water partition coefficient (Wildman–Crippen LogP) is 1.20. The lowest BCUT2D eigenvalue weighted by molar-refractivity contribution is -0.115. The van der Waals surface area contributed by atoms with Crippen LogP contribution in [-0.4, -0.2) is 27.2 Å². The number of rotatable bonds is 5. The van der Waals surface area contributed by atoms with Crippen LogP contribution in [0.25, 0.3) is 0 Å². The average Bonchev–Trinajstić information content (AvgIpc) is 2.78. The van der Waals surface area contributed by atoms with E-state index in [-0.39, 0.29) is 12.5 Å². The van der Waals surface area contributed by atoms with Crippen molar-refractivity contribution in [2.45, 2.75) is 6.54 Å². The summed E-state index contributed by atoms with van der Waals surface area (Å²) in [7, 11) is 1.85. The summed E-state index contributed by atoms with van der Waals surface area (Å²) >= 11 is 5.76. The van der Waals surface area contributed by atoms with Crippen LogP contribution in [0, 0.1) is 0 Å². The molecule has 100 valence electrons. The number of hydrogen-bond donors (Lipinski definition) is 2. The molecule has 0 saturated heterocycles. The minimum Gasteiger partial charge on any atom is -0.325 e. The second-order valence-electron chi connectivity index (χ2n) is 4.02. The lowest BCUT2D eigenvalue weighted by Crippen LogP contribution is -2.28. The summed E-state index contributed by atoms with van der Waals surface area (Å²) in [6.07, 6.45) is 1.62. The van der Waals surface area contributed by atoms with Crippen molar-refractivity contribution in [2.75, 3.05) is 11.9 Å². The fourth-order valence-electron chi connectivity index (χ4n) is 1.49. The fourth-order valence-corrected chi connectivity index (χ4v) is 1.62. The van der Waals surface area contributed by atoms with E-state index < -0.39 is 0 Å². The molecule has 1 amide bonds. The molecular formula is C12H14ClN5O. The molecule has 1 aromatic heterocycles. The molecule has 0 bridgehead atoms. The second-order valence-corrected chi connectivity index (χ2v) is 4.45. The van der Waals surface area contributed by atoms with E-state index in [4.69, 9.17) is 11.6 Å². The quantitative estimate of drug-likeness (QED) is 0.863. The van der Waals surface area contributed by atoms with Crippen LogP contribution in [0.3, 0.4) is 0 Å². The minimum absolute atomic E-state index is 0.121. The zero-order valence-electron chi connectivity index (χ0n) is 10.4. The third-order valence-electron chi connectivity index (χ3n) is 2.50. The van der Waals surface area contributed by atoms with E-state index in [0.717, 1.165) is 11.5 Å². The van der Waals surface area contributed by atoms with Crippen LogP contribution in [0.4, 0.5) is 5.69 Å². The Morgan fingerprint density at radius 2 is 2.11 bits per heavy atom. The Bertz CT molecular complexity index is 552. The molecule has 0 fully saturated rings. The molecule has 0 saturated carbocycles. The molecule has 19 heavy (non-hydrogen) atoms. The zero-order chi connectivity index (χ0) is 13.7. The Labute approximate surface area is 115 Å². The van der Waals surface area contributed by atoms with E-state index >= 15 is 0 Å². The first-order valence-electron chi connectivity index (χ1n) is 5.74. The molecule has 2 aromatic rings. The van der Waals surface area contributed by atoms with Gasteiger partial charge < -0.3 is 15.2 Å². The van der Waals surface area contributed by atoms with Crippen molar-refractivity contribution in [3.63, 3.8) is 0 Å². The molecule has 7 heteroatoms.